The highest BCUT2D eigenvalue weighted by molar-refractivity contribution is 5.84. The van der Waals surface area contributed by atoms with Crippen LogP contribution in [0.4, 0.5) is 5.95 Å². The number of hydrogen-bond acceptors (Lipinski definition) is 5. The van der Waals surface area contributed by atoms with E-state index >= 15 is 0 Å². The second-order valence-corrected chi connectivity index (χ2v) is 8.91. The van der Waals surface area contributed by atoms with E-state index in [2.05, 4.69) is 49.8 Å². The number of anilines is 1. The van der Waals surface area contributed by atoms with Gasteiger partial charge in [-0.3, -0.25) is 9.69 Å². The topological polar surface area (TPSA) is 70.2 Å². The summed E-state index contributed by atoms with van der Waals surface area (Å²) in [5.41, 5.74) is 4.21. The molecule has 1 aliphatic rings. The summed E-state index contributed by atoms with van der Waals surface area (Å²) in [4.78, 5) is 24.8. The summed E-state index contributed by atoms with van der Waals surface area (Å²) < 4.78 is 0. The minimum absolute atomic E-state index is 0.00289. The summed E-state index contributed by atoms with van der Waals surface area (Å²) >= 11 is 0. The highest BCUT2D eigenvalue weighted by Gasteiger charge is 2.25. The zero-order chi connectivity index (χ0) is 23.0. The Kier molecular flexibility index (Phi) is 7.68. The molecule has 6 nitrogen and oxygen atoms in total. The number of carbonyl (C=O) groups is 1. The molecule has 1 saturated heterocycles. The van der Waals surface area contributed by atoms with Crippen LogP contribution in [0.1, 0.15) is 35.4 Å². The van der Waals surface area contributed by atoms with E-state index in [4.69, 9.17) is 0 Å². The molecular formula is C27H33N5O. The first-order chi connectivity index (χ1) is 16.0. The van der Waals surface area contributed by atoms with Gasteiger partial charge in [-0.15, -0.1) is 0 Å². The van der Waals surface area contributed by atoms with Crippen molar-refractivity contribution >= 4 is 11.9 Å². The molecule has 1 aliphatic heterocycles. The first-order valence-electron chi connectivity index (χ1n) is 11.7. The Morgan fingerprint density at radius 3 is 2.12 bits per heavy atom. The number of piperidine rings is 1. The lowest BCUT2D eigenvalue weighted by molar-refractivity contribution is -0.122. The molecular weight excluding hydrogens is 410 g/mol. The molecule has 0 radical (unpaired) electrons. The second-order valence-electron chi connectivity index (χ2n) is 8.91. The third-order valence-corrected chi connectivity index (χ3v) is 6.07. The molecule has 0 saturated carbocycles. The maximum absolute atomic E-state index is 13.3. The van der Waals surface area contributed by atoms with Crippen LogP contribution in [-0.4, -0.2) is 45.9 Å². The van der Waals surface area contributed by atoms with Gasteiger partial charge in [0.2, 0.25) is 11.9 Å². The fourth-order valence-corrected chi connectivity index (χ4v) is 4.38. The third-order valence-electron chi connectivity index (χ3n) is 6.07. The molecule has 2 aromatic carbocycles. The maximum atomic E-state index is 13.3. The van der Waals surface area contributed by atoms with Crippen molar-refractivity contribution in [1.29, 1.82) is 0 Å². The second kappa shape index (κ2) is 11.1. The van der Waals surface area contributed by atoms with E-state index in [0.717, 1.165) is 49.4 Å². The number of nitrogens with one attached hydrogen (secondary N) is 2. The quantitative estimate of drug-likeness (QED) is 0.553. The molecule has 6 heteroatoms. The van der Waals surface area contributed by atoms with Crippen LogP contribution < -0.4 is 10.6 Å². The van der Waals surface area contributed by atoms with Crippen LogP contribution in [0, 0.1) is 13.8 Å². The molecule has 1 atom stereocenters. The number of likely N-dealkylation sites (tertiary alicyclic amines) is 1. The average molecular weight is 444 g/mol. The average Bonchev–Trinajstić information content (AvgIpc) is 2.81. The van der Waals surface area contributed by atoms with Gasteiger partial charge in [0.05, 0.1) is 0 Å². The monoisotopic (exact) mass is 443 g/mol. The fraction of sp³-hybridized carbons (Fsp3) is 0.370. The first-order valence-corrected chi connectivity index (χ1v) is 11.7. The molecule has 1 aromatic heterocycles. The van der Waals surface area contributed by atoms with Crippen molar-refractivity contribution in [2.45, 2.75) is 51.7 Å². The van der Waals surface area contributed by atoms with E-state index in [-0.39, 0.29) is 11.9 Å². The van der Waals surface area contributed by atoms with Crippen LogP contribution in [0.25, 0.3) is 0 Å². The summed E-state index contributed by atoms with van der Waals surface area (Å²) in [5.74, 6) is 0.504. The Hall–Kier alpha value is -3.25. The van der Waals surface area contributed by atoms with E-state index in [9.17, 15) is 4.79 Å². The predicted molar refractivity (Wildman–Crippen MR) is 132 cm³/mol. The van der Waals surface area contributed by atoms with Gasteiger partial charge in [0.15, 0.2) is 0 Å². The number of benzene rings is 2. The van der Waals surface area contributed by atoms with Gasteiger partial charge in [-0.05, 0) is 43.9 Å². The Morgan fingerprint density at radius 2 is 1.52 bits per heavy atom. The molecule has 0 bridgehead atoms. The molecule has 0 spiro atoms. The summed E-state index contributed by atoms with van der Waals surface area (Å²) in [7, 11) is 0. The number of nitrogens with zero attached hydrogens (tertiary/aromatic N) is 3. The number of aromatic nitrogens is 2. The minimum Gasteiger partial charge on any atom is -0.351 e. The molecule has 1 fully saturated rings. The lowest BCUT2D eigenvalue weighted by Gasteiger charge is -2.33. The summed E-state index contributed by atoms with van der Waals surface area (Å²) in [5, 5.41) is 6.58. The van der Waals surface area contributed by atoms with Crippen LogP contribution in [-0.2, 0) is 17.8 Å². The Morgan fingerprint density at radius 1 is 0.939 bits per heavy atom. The van der Waals surface area contributed by atoms with Crippen LogP contribution in [0.2, 0.25) is 0 Å². The van der Waals surface area contributed by atoms with Crippen molar-refractivity contribution in [2.75, 3.05) is 18.4 Å². The van der Waals surface area contributed by atoms with Crippen molar-refractivity contribution < 1.29 is 4.79 Å². The maximum Gasteiger partial charge on any atom is 0.243 e. The zero-order valence-electron chi connectivity index (χ0n) is 19.5. The van der Waals surface area contributed by atoms with E-state index in [1.165, 1.54) is 5.56 Å². The summed E-state index contributed by atoms with van der Waals surface area (Å²) in [6.07, 6.45) is 2.49. The van der Waals surface area contributed by atoms with Crippen molar-refractivity contribution in [2.24, 2.45) is 0 Å². The Bertz CT molecular complexity index is 1010. The van der Waals surface area contributed by atoms with Gasteiger partial charge in [0.25, 0.3) is 0 Å². The van der Waals surface area contributed by atoms with Crippen LogP contribution in [0.3, 0.4) is 0 Å². The smallest absolute Gasteiger partial charge is 0.243 e. The number of aryl methyl sites for hydroxylation is 2. The highest BCUT2D eigenvalue weighted by Crippen LogP contribution is 2.15. The molecule has 2 heterocycles. The van der Waals surface area contributed by atoms with Gasteiger partial charge < -0.3 is 10.6 Å². The molecule has 172 valence electrons. The van der Waals surface area contributed by atoms with Crippen LogP contribution in [0.5, 0.6) is 0 Å². The van der Waals surface area contributed by atoms with Gasteiger partial charge in [0, 0.05) is 43.5 Å². The number of rotatable bonds is 8. The standard InChI is InChI=1S/C27H33N5O/c1-20-17-21(2)29-27(28-20)31-25(18-22-9-5-3-6-10-22)26(33)30-24-13-15-32(16-14-24)19-23-11-7-4-8-12-23/h3-12,17,24-25H,13-16,18-19H2,1-2H3,(H,30,33)(H,28,29,31). The minimum atomic E-state index is -0.434. The lowest BCUT2D eigenvalue weighted by Crippen LogP contribution is -2.49. The summed E-state index contributed by atoms with van der Waals surface area (Å²) in [6.45, 7) is 6.81. The zero-order valence-corrected chi connectivity index (χ0v) is 19.5. The normalized spacial score (nSPS) is 15.7. The van der Waals surface area contributed by atoms with Gasteiger partial charge in [-0.2, -0.15) is 0 Å². The third kappa shape index (κ3) is 6.86. The first kappa shape index (κ1) is 22.9. The van der Waals surface area contributed by atoms with E-state index < -0.39 is 6.04 Å². The molecule has 0 aliphatic carbocycles. The van der Waals surface area contributed by atoms with E-state index in [0.29, 0.717) is 12.4 Å². The van der Waals surface area contributed by atoms with Crippen molar-refractivity contribution in [3.63, 3.8) is 0 Å². The van der Waals surface area contributed by atoms with Crippen molar-refractivity contribution in [3.8, 4) is 0 Å². The fourth-order valence-electron chi connectivity index (χ4n) is 4.38. The number of amides is 1. The lowest BCUT2D eigenvalue weighted by atomic mass is 10.0. The molecule has 1 unspecified atom stereocenters. The van der Waals surface area contributed by atoms with Gasteiger partial charge in [0.1, 0.15) is 6.04 Å². The van der Waals surface area contributed by atoms with Crippen molar-refractivity contribution in [1.82, 2.24) is 20.2 Å². The number of hydrogen-bond donors (Lipinski definition) is 2. The molecule has 33 heavy (non-hydrogen) atoms. The predicted octanol–water partition coefficient (Wildman–Crippen LogP) is 3.90. The van der Waals surface area contributed by atoms with E-state index in [1.807, 2.05) is 56.3 Å². The van der Waals surface area contributed by atoms with Crippen molar-refractivity contribution in [3.05, 3.63) is 89.2 Å². The molecule has 3 aromatic rings. The Balaban J connectivity index is 1.37. The van der Waals surface area contributed by atoms with E-state index in [1.54, 1.807) is 0 Å². The molecule has 1 amide bonds. The van der Waals surface area contributed by atoms with Gasteiger partial charge >= 0.3 is 0 Å². The van der Waals surface area contributed by atoms with Gasteiger partial charge in [-0.25, -0.2) is 9.97 Å². The summed E-state index contributed by atoms with van der Waals surface area (Å²) in [6, 6.07) is 22.3. The van der Waals surface area contributed by atoms with Gasteiger partial charge in [-0.1, -0.05) is 60.7 Å². The van der Waals surface area contributed by atoms with Crippen LogP contribution >= 0.6 is 0 Å². The SMILES string of the molecule is Cc1cc(C)nc(NC(Cc2ccccc2)C(=O)NC2CCN(Cc3ccccc3)CC2)n1. The number of carbonyl (C=O) groups excluding carboxylic acids is 1. The van der Waals surface area contributed by atoms with Crippen LogP contribution in [0.15, 0.2) is 66.7 Å². The largest absolute Gasteiger partial charge is 0.351 e. The Labute approximate surface area is 196 Å². The highest BCUT2D eigenvalue weighted by atomic mass is 16.2. The molecule has 4 rings (SSSR count). The molecule has 2 N–H and O–H groups in total.